The quantitative estimate of drug-likeness (QED) is 0.701. The Morgan fingerprint density at radius 2 is 2.33 bits per heavy atom. The van der Waals surface area contributed by atoms with E-state index >= 15 is 0 Å². The summed E-state index contributed by atoms with van der Waals surface area (Å²) in [6, 6.07) is 0.796. The van der Waals surface area contributed by atoms with Gasteiger partial charge in [-0.05, 0) is 32.5 Å². The summed E-state index contributed by atoms with van der Waals surface area (Å²) < 4.78 is 0. The van der Waals surface area contributed by atoms with E-state index in [9.17, 15) is 0 Å². The van der Waals surface area contributed by atoms with E-state index in [0.717, 1.165) is 6.04 Å². The Hall–Kier alpha value is 0.270. The average molecular weight is 186 g/mol. The largest absolute Gasteiger partial charge is 0.312 e. The van der Waals surface area contributed by atoms with E-state index in [-0.39, 0.29) is 0 Å². The highest BCUT2D eigenvalue weighted by Crippen LogP contribution is 2.12. The van der Waals surface area contributed by atoms with Gasteiger partial charge in [0.25, 0.3) is 0 Å². The van der Waals surface area contributed by atoms with Gasteiger partial charge >= 0.3 is 0 Å². The minimum absolute atomic E-state index is 0.796. The third-order valence-electron chi connectivity index (χ3n) is 2.74. The lowest BCUT2D eigenvalue weighted by atomic mass is 10.1. The van der Waals surface area contributed by atoms with Crippen molar-refractivity contribution >= 4 is 11.8 Å². The van der Waals surface area contributed by atoms with Crippen LogP contribution in [0, 0.1) is 0 Å². The van der Waals surface area contributed by atoms with Gasteiger partial charge in [0.05, 0.1) is 0 Å². The topological polar surface area (TPSA) is 15.3 Å². The van der Waals surface area contributed by atoms with Gasteiger partial charge in [-0.3, -0.25) is 0 Å². The van der Waals surface area contributed by atoms with E-state index in [1.165, 1.54) is 50.5 Å². The molecule has 1 N–H and O–H groups in total. The lowest BCUT2D eigenvalue weighted by Crippen LogP contribution is -2.43. The monoisotopic (exact) mass is 186 g/mol. The molecule has 12 heavy (non-hydrogen) atoms. The highest BCUT2D eigenvalue weighted by molar-refractivity contribution is 7.99. The highest BCUT2D eigenvalue weighted by atomic mass is 32.2. The van der Waals surface area contributed by atoms with Crippen LogP contribution in [0.15, 0.2) is 0 Å². The van der Waals surface area contributed by atoms with E-state index in [1.807, 2.05) is 0 Å². The summed E-state index contributed by atoms with van der Waals surface area (Å²) in [7, 11) is 0. The molecule has 1 atom stereocenters. The molecule has 0 aromatic carbocycles. The maximum atomic E-state index is 3.58. The molecular formula is C9H18N2S. The number of nitrogens with zero attached hydrogens (tertiary/aromatic N) is 1. The molecule has 2 nitrogen and oxygen atoms in total. The molecule has 0 aliphatic carbocycles. The summed E-state index contributed by atoms with van der Waals surface area (Å²) in [6.45, 7) is 5.23. The number of likely N-dealkylation sites (tertiary alicyclic amines) is 1. The second-order valence-corrected chi connectivity index (χ2v) is 4.86. The van der Waals surface area contributed by atoms with E-state index in [4.69, 9.17) is 0 Å². The number of hydrogen-bond donors (Lipinski definition) is 1. The van der Waals surface area contributed by atoms with Crippen LogP contribution in [-0.4, -0.2) is 48.6 Å². The van der Waals surface area contributed by atoms with E-state index in [1.54, 1.807) is 0 Å². The first kappa shape index (κ1) is 8.85. The molecule has 1 unspecified atom stereocenters. The minimum atomic E-state index is 0.796. The zero-order valence-electron chi connectivity index (χ0n) is 7.59. The highest BCUT2D eigenvalue weighted by Gasteiger charge is 2.17. The summed E-state index contributed by atoms with van der Waals surface area (Å²) in [6.07, 6.45) is 2.78. The molecule has 0 aromatic heterocycles. The SMILES string of the molecule is C1CN(CCC2CSCCN2)C1. The Bertz CT molecular complexity index is 130. The van der Waals surface area contributed by atoms with Crippen LogP contribution in [0.25, 0.3) is 0 Å². The van der Waals surface area contributed by atoms with Crippen LogP contribution in [0.1, 0.15) is 12.8 Å². The van der Waals surface area contributed by atoms with Gasteiger partial charge in [-0.1, -0.05) is 0 Å². The van der Waals surface area contributed by atoms with Crippen LogP contribution in [-0.2, 0) is 0 Å². The van der Waals surface area contributed by atoms with Crippen molar-refractivity contribution in [3.63, 3.8) is 0 Å². The average Bonchev–Trinajstić information content (AvgIpc) is 2.04. The van der Waals surface area contributed by atoms with Gasteiger partial charge in [0.15, 0.2) is 0 Å². The predicted octanol–water partition coefficient (Wildman–Crippen LogP) is 0.787. The first-order valence-electron chi connectivity index (χ1n) is 4.98. The van der Waals surface area contributed by atoms with E-state index in [2.05, 4.69) is 22.0 Å². The van der Waals surface area contributed by atoms with Crippen molar-refractivity contribution in [1.29, 1.82) is 0 Å². The van der Waals surface area contributed by atoms with E-state index in [0.29, 0.717) is 0 Å². The van der Waals surface area contributed by atoms with Crippen molar-refractivity contribution in [2.75, 3.05) is 37.7 Å². The number of rotatable bonds is 3. The first-order chi connectivity index (χ1) is 5.95. The molecule has 2 aliphatic rings. The second-order valence-electron chi connectivity index (χ2n) is 3.71. The molecule has 70 valence electrons. The lowest BCUT2D eigenvalue weighted by Gasteiger charge is -2.33. The van der Waals surface area contributed by atoms with Gasteiger partial charge in [-0.15, -0.1) is 0 Å². The normalized spacial score (nSPS) is 31.5. The number of hydrogen-bond acceptors (Lipinski definition) is 3. The van der Waals surface area contributed by atoms with Crippen LogP contribution in [0.4, 0.5) is 0 Å². The van der Waals surface area contributed by atoms with Crippen LogP contribution in [0.2, 0.25) is 0 Å². The molecule has 2 saturated heterocycles. The summed E-state index contributed by atoms with van der Waals surface area (Å²) in [4.78, 5) is 2.56. The van der Waals surface area contributed by atoms with Crippen molar-refractivity contribution in [2.24, 2.45) is 0 Å². The third-order valence-corrected chi connectivity index (χ3v) is 3.87. The van der Waals surface area contributed by atoms with Crippen LogP contribution in [0.5, 0.6) is 0 Å². The fourth-order valence-corrected chi connectivity index (χ4v) is 2.75. The zero-order valence-corrected chi connectivity index (χ0v) is 8.41. The fraction of sp³-hybridized carbons (Fsp3) is 1.00. The Labute approximate surface area is 79.1 Å². The maximum Gasteiger partial charge on any atom is 0.0170 e. The molecule has 0 saturated carbocycles. The number of nitrogens with one attached hydrogen (secondary N) is 1. The predicted molar refractivity (Wildman–Crippen MR) is 54.8 cm³/mol. The first-order valence-corrected chi connectivity index (χ1v) is 6.14. The van der Waals surface area contributed by atoms with Gasteiger partial charge in [-0.25, -0.2) is 0 Å². The molecule has 2 aliphatic heterocycles. The van der Waals surface area contributed by atoms with Crippen molar-refractivity contribution in [3.8, 4) is 0 Å². The molecular weight excluding hydrogens is 168 g/mol. The van der Waals surface area contributed by atoms with Crippen molar-refractivity contribution in [2.45, 2.75) is 18.9 Å². The van der Waals surface area contributed by atoms with Gasteiger partial charge < -0.3 is 10.2 Å². The third kappa shape index (κ3) is 2.38. The molecule has 2 heterocycles. The lowest BCUT2D eigenvalue weighted by molar-refractivity contribution is 0.173. The van der Waals surface area contributed by atoms with Gasteiger partial charge in [-0.2, -0.15) is 11.8 Å². The molecule has 0 bridgehead atoms. The summed E-state index contributed by atoms with van der Waals surface area (Å²) in [5.74, 6) is 2.63. The maximum absolute atomic E-state index is 3.58. The second kappa shape index (κ2) is 4.49. The number of thioether (sulfide) groups is 1. The Balaban J connectivity index is 1.58. The summed E-state index contributed by atoms with van der Waals surface area (Å²) >= 11 is 2.10. The van der Waals surface area contributed by atoms with Gasteiger partial charge in [0.1, 0.15) is 0 Å². The Morgan fingerprint density at radius 1 is 1.42 bits per heavy atom. The van der Waals surface area contributed by atoms with Crippen molar-refractivity contribution in [1.82, 2.24) is 10.2 Å². The molecule has 0 spiro atoms. The Kier molecular flexibility index (Phi) is 3.31. The fourth-order valence-electron chi connectivity index (χ4n) is 1.75. The van der Waals surface area contributed by atoms with Gasteiger partial charge in [0, 0.05) is 24.1 Å². The van der Waals surface area contributed by atoms with E-state index < -0.39 is 0 Å². The molecule has 0 radical (unpaired) electrons. The van der Waals surface area contributed by atoms with Crippen LogP contribution >= 0.6 is 11.8 Å². The molecule has 0 amide bonds. The molecule has 2 rings (SSSR count). The zero-order chi connectivity index (χ0) is 8.23. The van der Waals surface area contributed by atoms with Crippen LogP contribution in [0.3, 0.4) is 0 Å². The molecule has 2 fully saturated rings. The molecule has 0 aromatic rings. The summed E-state index contributed by atoms with van der Waals surface area (Å²) in [5.41, 5.74) is 0. The van der Waals surface area contributed by atoms with Crippen LogP contribution < -0.4 is 5.32 Å². The van der Waals surface area contributed by atoms with Gasteiger partial charge in [0.2, 0.25) is 0 Å². The van der Waals surface area contributed by atoms with Crippen molar-refractivity contribution in [3.05, 3.63) is 0 Å². The standard InChI is InChI=1S/C9H18N2S/c1-4-11(5-1)6-2-9-8-12-7-3-10-9/h9-10H,1-8H2. The Morgan fingerprint density at radius 3 is 2.92 bits per heavy atom. The smallest absolute Gasteiger partial charge is 0.0170 e. The minimum Gasteiger partial charge on any atom is -0.312 e. The summed E-state index contributed by atoms with van der Waals surface area (Å²) in [5, 5.41) is 3.58. The molecule has 3 heteroatoms. The van der Waals surface area contributed by atoms with Crippen molar-refractivity contribution < 1.29 is 0 Å².